The summed E-state index contributed by atoms with van der Waals surface area (Å²) in [6.07, 6.45) is 4.57. The van der Waals surface area contributed by atoms with Gasteiger partial charge in [-0.05, 0) is 31.0 Å². The van der Waals surface area contributed by atoms with Gasteiger partial charge in [0.25, 0.3) is 5.91 Å². The molecule has 0 radical (unpaired) electrons. The third-order valence-corrected chi connectivity index (χ3v) is 3.58. The van der Waals surface area contributed by atoms with Crippen LogP contribution < -0.4 is 15.4 Å². The first-order valence-electron chi connectivity index (χ1n) is 8.16. The number of anilines is 2. The molecule has 0 saturated heterocycles. The Labute approximate surface area is 142 Å². The van der Waals surface area contributed by atoms with E-state index >= 15 is 0 Å². The molecule has 0 saturated carbocycles. The third-order valence-electron chi connectivity index (χ3n) is 3.58. The number of amides is 1. The summed E-state index contributed by atoms with van der Waals surface area (Å²) in [7, 11) is 1.62. The molecular formula is C18H24N4O2. The Balaban J connectivity index is 2.07. The maximum Gasteiger partial charge on any atom is 0.270 e. The van der Waals surface area contributed by atoms with Crippen LogP contribution in [0.25, 0.3) is 0 Å². The van der Waals surface area contributed by atoms with Crippen LogP contribution in [-0.4, -0.2) is 29.5 Å². The van der Waals surface area contributed by atoms with E-state index in [0.29, 0.717) is 23.8 Å². The van der Waals surface area contributed by atoms with Gasteiger partial charge in [0.05, 0.1) is 12.8 Å². The van der Waals surface area contributed by atoms with Crippen molar-refractivity contribution in [3.8, 4) is 5.75 Å². The van der Waals surface area contributed by atoms with Crippen LogP contribution in [0.2, 0.25) is 0 Å². The molecule has 2 aromatic rings. The van der Waals surface area contributed by atoms with Crippen molar-refractivity contribution in [3.05, 3.63) is 41.9 Å². The molecule has 2 rings (SSSR count). The second-order valence-corrected chi connectivity index (χ2v) is 5.58. The molecule has 24 heavy (non-hydrogen) atoms. The summed E-state index contributed by atoms with van der Waals surface area (Å²) in [5, 5.41) is 6.05. The van der Waals surface area contributed by atoms with Gasteiger partial charge < -0.3 is 15.4 Å². The Morgan fingerprint density at radius 1 is 1.21 bits per heavy atom. The Morgan fingerprint density at radius 3 is 2.79 bits per heavy atom. The lowest BCUT2D eigenvalue weighted by Crippen LogP contribution is -2.25. The van der Waals surface area contributed by atoms with Gasteiger partial charge in [-0.3, -0.25) is 4.79 Å². The van der Waals surface area contributed by atoms with Gasteiger partial charge in [0.15, 0.2) is 0 Å². The number of aromatic nitrogens is 2. The van der Waals surface area contributed by atoms with Crippen molar-refractivity contribution in [2.24, 2.45) is 0 Å². The fourth-order valence-electron chi connectivity index (χ4n) is 2.27. The Hall–Kier alpha value is -2.63. The number of carbonyl (C=O) groups is 1. The van der Waals surface area contributed by atoms with E-state index in [1.165, 1.54) is 6.33 Å². The molecule has 1 amide bonds. The number of methoxy groups -OCH3 is 1. The number of rotatable bonds is 8. The first kappa shape index (κ1) is 17.7. The van der Waals surface area contributed by atoms with Crippen LogP contribution in [0.1, 0.15) is 42.2 Å². The molecule has 0 aliphatic carbocycles. The van der Waals surface area contributed by atoms with Crippen molar-refractivity contribution in [1.29, 1.82) is 0 Å². The van der Waals surface area contributed by atoms with Crippen molar-refractivity contribution < 1.29 is 9.53 Å². The predicted molar refractivity (Wildman–Crippen MR) is 94.9 cm³/mol. The maximum absolute atomic E-state index is 12.1. The van der Waals surface area contributed by atoms with Gasteiger partial charge >= 0.3 is 0 Å². The smallest absolute Gasteiger partial charge is 0.270 e. The number of hydrogen-bond acceptors (Lipinski definition) is 5. The van der Waals surface area contributed by atoms with Gasteiger partial charge in [0.1, 0.15) is 23.6 Å². The highest BCUT2D eigenvalue weighted by atomic mass is 16.5. The Bertz CT molecular complexity index is 688. The summed E-state index contributed by atoms with van der Waals surface area (Å²) in [5.41, 5.74) is 2.24. The molecule has 0 fully saturated rings. The molecule has 0 aliphatic rings. The topological polar surface area (TPSA) is 76.1 Å². The number of ether oxygens (including phenoxy) is 1. The summed E-state index contributed by atoms with van der Waals surface area (Å²) < 4.78 is 5.34. The molecule has 1 aromatic heterocycles. The van der Waals surface area contributed by atoms with Crippen molar-refractivity contribution in [2.45, 2.75) is 33.1 Å². The number of nitrogens with one attached hydrogen (secondary N) is 2. The highest BCUT2D eigenvalue weighted by Gasteiger charge is 2.10. The zero-order valence-corrected chi connectivity index (χ0v) is 14.4. The van der Waals surface area contributed by atoms with Gasteiger partial charge in [0.2, 0.25) is 0 Å². The summed E-state index contributed by atoms with van der Waals surface area (Å²) in [6, 6.07) is 7.46. The number of carbonyl (C=O) groups excluding carboxylic acids is 1. The van der Waals surface area contributed by atoms with Gasteiger partial charge in [-0.1, -0.05) is 25.8 Å². The van der Waals surface area contributed by atoms with Gasteiger partial charge in [-0.15, -0.1) is 0 Å². The van der Waals surface area contributed by atoms with Gasteiger partial charge in [-0.25, -0.2) is 9.97 Å². The Kier molecular flexibility index (Phi) is 6.54. The lowest BCUT2D eigenvalue weighted by Gasteiger charge is -2.12. The first-order valence-corrected chi connectivity index (χ1v) is 8.16. The molecule has 0 aliphatic heterocycles. The average molecular weight is 328 g/mol. The molecule has 0 spiro atoms. The fourth-order valence-corrected chi connectivity index (χ4v) is 2.27. The summed E-state index contributed by atoms with van der Waals surface area (Å²) in [4.78, 5) is 20.4. The fraction of sp³-hybridized carbons (Fsp3) is 0.389. The van der Waals surface area contributed by atoms with Gasteiger partial charge in [0, 0.05) is 12.6 Å². The molecule has 1 heterocycles. The second kappa shape index (κ2) is 8.86. The standard InChI is InChI=1S/C18H24N4O2/c1-4-5-6-9-19-18(23)15-11-17(21-12-20-15)22-14-10-13(2)7-8-16(14)24-3/h7-8,10-12H,4-6,9H2,1-3H3,(H,19,23)(H,20,21,22). The maximum atomic E-state index is 12.1. The van der Waals surface area contributed by atoms with E-state index < -0.39 is 0 Å². The zero-order chi connectivity index (χ0) is 17.4. The number of unbranched alkanes of at least 4 members (excludes halogenated alkanes) is 2. The van der Waals surface area contributed by atoms with Crippen LogP contribution in [0.3, 0.4) is 0 Å². The molecule has 0 atom stereocenters. The van der Waals surface area contributed by atoms with E-state index in [1.807, 2.05) is 25.1 Å². The quantitative estimate of drug-likeness (QED) is 0.726. The lowest BCUT2D eigenvalue weighted by atomic mass is 10.2. The van der Waals surface area contributed by atoms with Crippen molar-refractivity contribution in [1.82, 2.24) is 15.3 Å². The second-order valence-electron chi connectivity index (χ2n) is 5.58. The third kappa shape index (κ3) is 4.94. The lowest BCUT2D eigenvalue weighted by molar-refractivity contribution is 0.0948. The predicted octanol–water partition coefficient (Wildman–Crippen LogP) is 3.46. The molecular weight excluding hydrogens is 304 g/mol. The molecule has 1 aromatic carbocycles. The van der Waals surface area contributed by atoms with E-state index in [2.05, 4.69) is 27.5 Å². The largest absolute Gasteiger partial charge is 0.495 e. The van der Waals surface area contributed by atoms with E-state index in [0.717, 1.165) is 30.5 Å². The molecule has 0 bridgehead atoms. The monoisotopic (exact) mass is 328 g/mol. The van der Waals surface area contributed by atoms with Gasteiger partial charge in [-0.2, -0.15) is 0 Å². The van der Waals surface area contributed by atoms with E-state index in [9.17, 15) is 4.79 Å². The number of aryl methyl sites for hydroxylation is 1. The highest BCUT2D eigenvalue weighted by molar-refractivity contribution is 5.93. The molecule has 6 heteroatoms. The van der Waals surface area contributed by atoms with E-state index in [-0.39, 0.29) is 5.91 Å². The van der Waals surface area contributed by atoms with Crippen LogP contribution in [0.5, 0.6) is 5.75 Å². The van der Waals surface area contributed by atoms with Crippen molar-refractivity contribution in [3.63, 3.8) is 0 Å². The number of hydrogen-bond donors (Lipinski definition) is 2. The van der Waals surface area contributed by atoms with Crippen LogP contribution in [-0.2, 0) is 0 Å². The summed E-state index contributed by atoms with van der Waals surface area (Å²) in [6.45, 7) is 4.79. The molecule has 0 unspecified atom stereocenters. The minimum absolute atomic E-state index is 0.187. The highest BCUT2D eigenvalue weighted by Crippen LogP contribution is 2.27. The zero-order valence-electron chi connectivity index (χ0n) is 14.4. The van der Waals surface area contributed by atoms with E-state index in [1.54, 1.807) is 13.2 Å². The van der Waals surface area contributed by atoms with Crippen molar-refractivity contribution >= 4 is 17.4 Å². The summed E-state index contributed by atoms with van der Waals surface area (Å²) >= 11 is 0. The average Bonchev–Trinajstić information content (AvgIpc) is 2.59. The minimum atomic E-state index is -0.187. The normalized spacial score (nSPS) is 10.3. The SMILES string of the molecule is CCCCCNC(=O)c1cc(Nc2cc(C)ccc2OC)ncn1. The Morgan fingerprint density at radius 2 is 2.04 bits per heavy atom. The minimum Gasteiger partial charge on any atom is -0.495 e. The van der Waals surface area contributed by atoms with Crippen LogP contribution in [0.15, 0.2) is 30.6 Å². The van der Waals surface area contributed by atoms with Crippen molar-refractivity contribution in [2.75, 3.05) is 19.0 Å². The van der Waals surface area contributed by atoms with Crippen LogP contribution >= 0.6 is 0 Å². The first-order chi connectivity index (χ1) is 11.6. The number of nitrogens with zero attached hydrogens (tertiary/aromatic N) is 2. The van der Waals surface area contributed by atoms with Crippen LogP contribution in [0, 0.1) is 6.92 Å². The molecule has 2 N–H and O–H groups in total. The van der Waals surface area contributed by atoms with E-state index in [4.69, 9.17) is 4.74 Å². The molecule has 128 valence electrons. The summed E-state index contributed by atoms with van der Waals surface area (Å²) in [5.74, 6) is 1.07. The molecule has 6 nitrogen and oxygen atoms in total. The van der Waals surface area contributed by atoms with Crippen LogP contribution in [0.4, 0.5) is 11.5 Å². The number of benzene rings is 1.